The second kappa shape index (κ2) is 9.11. The summed E-state index contributed by atoms with van der Waals surface area (Å²) in [7, 11) is 3.36. The average molecular weight is 462 g/mol. The number of hydrogen-bond acceptors (Lipinski definition) is 5. The summed E-state index contributed by atoms with van der Waals surface area (Å²) in [5.41, 5.74) is 1.36. The minimum atomic E-state index is -0.560. The first-order valence-electron chi connectivity index (χ1n) is 9.48. The van der Waals surface area contributed by atoms with Crippen LogP contribution in [0.15, 0.2) is 47.4 Å². The van der Waals surface area contributed by atoms with Crippen molar-refractivity contribution in [2.75, 3.05) is 12.4 Å². The van der Waals surface area contributed by atoms with Gasteiger partial charge in [-0.3, -0.25) is 9.52 Å². The molecule has 2 N–H and O–H groups in total. The van der Waals surface area contributed by atoms with Gasteiger partial charge in [-0.05, 0) is 75.2 Å². The normalized spacial score (nSPS) is 11.3. The van der Waals surface area contributed by atoms with Crippen LogP contribution in [0.5, 0.6) is 5.75 Å². The fraction of sp³-hybridized carbons (Fsp3) is 0.273. The number of halogens is 1. The highest BCUT2D eigenvalue weighted by Gasteiger charge is 2.18. The SMILES string of the molecule is COc1ccc2c(cc(C(=O)Nc3ccc(SNC(=O)OC(C)(C)C)cc3)n2C)c1Cl. The Kier molecular flexibility index (Phi) is 6.71. The quantitative estimate of drug-likeness (QED) is 0.481. The molecular weight excluding hydrogens is 438 g/mol. The Morgan fingerprint density at radius 2 is 1.77 bits per heavy atom. The molecule has 0 aliphatic rings. The topological polar surface area (TPSA) is 81.6 Å². The van der Waals surface area contributed by atoms with E-state index < -0.39 is 11.7 Å². The fourth-order valence-corrected chi connectivity index (χ4v) is 3.74. The van der Waals surface area contributed by atoms with Gasteiger partial charge in [-0.25, -0.2) is 4.79 Å². The highest BCUT2D eigenvalue weighted by molar-refractivity contribution is 7.98. The molecule has 0 spiro atoms. The summed E-state index contributed by atoms with van der Waals surface area (Å²) in [6.07, 6.45) is -0.513. The third kappa shape index (κ3) is 5.45. The van der Waals surface area contributed by atoms with E-state index >= 15 is 0 Å². The number of aromatic nitrogens is 1. The molecule has 0 bridgehead atoms. The first-order chi connectivity index (χ1) is 14.6. The molecule has 3 aromatic rings. The van der Waals surface area contributed by atoms with Crippen LogP contribution in [0.25, 0.3) is 10.9 Å². The number of aryl methyl sites for hydroxylation is 1. The molecule has 2 amide bonds. The molecule has 31 heavy (non-hydrogen) atoms. The Labute approximate surface area is 190 Å². The molecule has 0 fully saturated rings. The van der Waals surface area contributed by atoms with Crippen LogP contribution in [0.1, 0.15) is 31.3 Å². The average Bonchev–Trinajstić information content (AvgIpc) is 3.04. The summed E-state index contributed by atoms with van der Waals surface area (Å²) in [6, 6.07) is 12.5. The van der Waals surface area contributed by atoms with Gasteiger partial charge < -0.3 is 19.4 Å². The number of methoxy groups -OCH3 is 1. The van der Waals surface area contributed by atoms with Crippen LogP contribution >= 0.6 is 23.5 Å². The van der Waals surface area contributed by atoms with Gasteiger partial charge in [0.2, 0.25) is 0 Å². The van der Waals surface area contributed by atoms with Crippen molar-refractivity contribution >= 4 is 52.1 Å². The smallest absolute Gasteiger partial charge is 0.418 e. The van der Waals surface area contributed by atoms with Crippen molar-refractivity contribution in [1.82, 2.24) is 9.29 Å². The molecule has 0 aliphatic carbocycles. The van der Waals surface area contributed by atoms with E-state index in [1.807, 2.05) is 13.1 Å². The van der Waals surface area contributed by atoms with Crippen molar-refractivity contribution in [2.24, 2.45) is 7.05 Å². The Morgan fingerprint density at radius 3 is 2.39 bits per heavy atom. The molecule has 1 aromatic heterocycles. The van der Waals surface area contributed by atoms with E-state index in [0.717, 1.165) is 27.7 Å². The molecule has 0 unspecified atom stereocenters. The number of benzene rings is 2. The maximum absolute atomic E-state index is 12.8. The number of ether oxygens (including phenoxy) is 2. The van der Waals surface area contributed by atoms with Gasteiger partial charge in [0.1, 0.15) is 17.0 Å². The molecule has 0 aliphatic heterocycles. The van der Waals surface area contributed by atoms with Crippen LogP contribution in [0.2, 0.25) is 5.02 Å². The standard InChI is InChI=1S/C22H24ClN3O4S/c1-22(2,3)30-21(28)25-31-14-8-6-13(7-9-14)24-20(27)17-12-15-16(26(17)4)10-11-18(29-5)19(15)23/h6-12H,1-5H3,(H,24,27)(H,25,28). The van der Waals surface area contributed by atoms with Gasteiger partial charge in [0.15, 0.2) is 0 Å². The predicted molar refractivity (Wildman–Crippen MR) is 124 cm³/mol. The molecule has 7 nitrogen and oxygen atoms in total. The van der Waals surface area contributed by atoms with Crippen LogP contribution < -0.4 is 14.8 Å². The number of carbonyl (C=O) groups excluding carboxylic acids is 2. The zero-order chi connectivity index (χ0) is 22.8. The highest BCUT2D eigenvalue weighted by atomic mass is 35.5. The molecule has 9 heteroatoms. The Bertz CT molecular complexity index is 1120. The second-order valence-corrected chi connectivity index (χ2v) is 9.05. The number of rotatable bonds is 5. The maximum atomic E-state index is 12.8. The van der Waals surface area contributed by atoms with E-state index in [-0.39, 0.29) is 5.91 Å². The zero-order valence-corrected chi connectivity index (χ0v) is 19.5. The van der Waals surface area contributed by atoms with Crippen LogP contribution in [-0.2, 0) is 11.8 Å². The third-order valence-electron chi connectivity index (χ3n) is 4.34. The molecule has 2 aromatic carbocycles. The van der Waals surface area contributed by atoms with Gasteiger partial charge >= 0.3 is 6.09 Å². The van der Waals surface area contributed by atoms with Gasteiger partial charge in [-0.15, -0.1) is 0 Å². The highest BCUT2D eigenvalue weighted by Crippen LogP contribution is 2.34. The van der Waals surface area contributed by atoms with Crippen LogP contribution in [-0.4, -0.2) is 29.3 Å². The van der Waals surface area contributed by atoms with Gasteiger partial charge in [-0.2, -0.15) is 0 Å². The summed E-state index contributed by atoms with van der Waals surface area (Å²) in [6.45, 7) is 5.40. The zero-order valence-electron chi connectivity index (χ0n) is 17.9. The van der Waals surface area contributed by atoms with Gasteiger partial charge in [0.05, 0.1) is 17.6 Å². The summed E-state index contributed by atoms with van der Waals surface area (Å²) in [5, 5.41) is 4.09. The van der Waals surface area contributed by atoms with E-state index in [1.165, 1.54) is 0 Å². The lowest BCUT2D eigenvalue weighted by molar-refractivity contribution is 0.0574. The van der Waals surface area contributed by atoms with E-state index in [1.54, 1.807) is 68.8 Å². The van der Waals surface area contributed by atoms with Crippen molar-refractivity contribution in [3.05, 3.63) is 53.2 Å². The molecule has 0 radical (unpaired) electrons. The van der Waals surface area contributed by atoms with Crippen molar-refractivity contribution in [3.8, 4) is 5.75 Å². The van der Waals surface area contributed by atoms with Gasteiger partial charge in [0, 0.05) is 23.0 Å². The lowest BCUT2D eigenvalue weighted by Gasteiger charge is -2.19. The molecular formula is C22H24ClN3O4S. The lowest BCUT2D eigenvalue weighted by Crippen LogP contribution is -2.29. The molecule has 1 heterocycles. The largest absolute Gasteiger partial charge is 0.495 e. The first kappa shape index (κ1) is 22.8. The summed E-state index contributed by atoms with van der Waals surface area (Å²) < 4.78 is 14.8. The van der Waals surface area contributed by atoms with Crippen LogP contribution in [0.3, 0.4) is 0 Å². The van der Waals surface area contributed by atoms with Gasteiger partial charge in [-0.1, -0.05) is 11.6 Å². The van der Waals surface area contributed by atoms with E-state index in [9.17, 15) is 9.59 Å². The van der Waals surface area contributed by atoms with E-state index in [4.69, 9.17) is 21.1 Å². The number of hydrogen-bond donors (Lipinski definition) is 2. The van der Waals surface area contributed by atoms with Crippen molar-refractivity contribution in [2.45, 2.75) is 31.3 Å². The molecule has 0 saturated heterocycles. The second-order valence-electron chi connectivity index (χ2n) is 7.79. The van der Waals surface area contributed by atoms with E-state index in [2.05, 4.69) is 10.0 Å². The fourth-order valence-electron chi connectivity index (χ4n) is 2.93. The summed E-state index contributed by atoms with van der Waals surface area (Å²) in [5.74, 6) is 0.292. The number of fused-ring (bicyclic) bond motifs is 1. The van der Waals surface area contributed by atoms with Crippen LogP contribution in [0, 0.1) is 0 Å². The Hall–Kier alpha value is -2.84. The monoisotopic (exact) mass is 461 g/mol. The van der Waals surface area contributed by atoms with Crippen molar-refractivity contribution < 1.29 is 19.1 Å². The van der Waals surface area contributed by atoms with Gasteiger partial charge in [0.25, 0.3) is 5.91 Å². The number of nitrogens with zero attached hydrogens (tertiary/aromatic N) is 1. The number of amides is 2. The maximum Gasteiger partial charge on any atom is 0.418 e. The minimum Gasteiger partial charge on any atom is -0.495 e. The predicted octanol–water partition coefficient (Wildman–Crippen LogP) is 5.62. The number of carbonyl (C=O) groups is 2. The summed E-state index contributed by atoms with van der Waals surface area (Å²) >= 11 is 7.52. The van der Waals surface area contributed by atoms with Crippen molar-refractivity contribution in [3.63, 3.8) is 0 Å². The number of anilines is 1. The number of nitrogens with one attached hydrogen (secondary N) is 2. The molecule has 0 saturated carbocycles. The molecule has 164 valence electrons. The molecule has 0 atom stereocenters. The minimum absolute atomic E-state index is 0.263. The van der Waals surface area contributed by atoms with Crippen LogP contribution in [0.4, 0.5) is 10.5 Å². The first-order valence-corrected chi connectivity index (χ1v) is 10.7. The Balaban J connectivity index is 1.68. The van der Waals surface area contributed by atoms with Crippen molar-refractivity contribution in [1.29, 1.82) is 0 Å². The molecule has 3 rings (SSSR count). The Morgan fingerprint density at radius 1 is 1.10 bits per heavy atom. The lowest BCUT2D eigenvalue weighted by atomic mass is 10.2. The van der Waals surface area contributed by atoms with E-state index in [0.29, 0.717) is 22.2 Å². The third-order valence-corrected chi connectivity index (χ3v) is 5.51. The summed E-state index contributed by atoms with van der Waals surface area (Å²) in [4.78, 5) is 25.4.